The zero-order chi connectivity index (χ0) is 30.5. The maximum absolute atomic E-state index is 14.8. The molecule has 2 unspecified atom stereocenters. The summed E-state index contributed by atoms with van der Waals surface area (Å²) in [6.07, 6.45) is 8.89. The molecule has 0 aliphatic heterocycles. The van der Waals surface area contributed by atoms with E-state index in [0.717, 1.165) is 30.4 Å². The van der Waals surface area contributed by atoms with E-state index in [1.54, 1.807) is 36.4 Å². The van der Waals surface area contributed by atoms with Gasteiger partial charge in [-0.1, -0.05) is 49.8 Å². The number of carbonyl (C=O) groups is 1. The van der Waals surface area contributed by atoms with E-state index in [-0.39, 0.29) is 40.2 Å². The zero-order valence-corrected chi connectivity index (χ0v) is 24.5. The Morgan fingerprint density at radius 2 is 1.44 bits per heavy atom. The first-order valence-electron chi connectivity index (χ1n) is 15.0. The van der Waals surface area contributed by atoms with E-state index in [1.165, 1.54) is 13.0 Å². The Hall–Kier alpha value is -3.87. The number of esters is 1. The fourth-order valence-corrected chi connectivity index (χ4v) is 5.79. The van der Waals surface area contributed by atoms with E-state index in [4.69, 9.17) is 9.47 Å². The number of carbonyl (C=O) groups excluding carboxylic acids is 1. The molecule has 43 heavy (non-hydrogen) atoms. The van der Waals surface area contributed by atoms with Crippen molar-refractivity contribution < 1.29 is 31.8 Å². The highest BCUT2D eigenvalue weighted by atomic mass is 19.2. The molecule has 2 aliphatic rings. The van der Waals surface area contributed by atoms with Crippen LogP contribution in [-0.4, -0.2) is 12.6 Å². The molecule has 0 spiro atoms. The Kier molecular flexibility index (Phi) is 9.69. The quantitative estimate of drug-likeness (QED) is 0.107. The van der Waals surface area contributed by atoms with Crippen molar-refractivity contribution in [3.63, 3.8) is 0 Å². The third-order valence-corrected chi connectivity index (χ3v) is 8.49. The summed E-state index contributed by atoms with van der Waals surface area (Å²) in [7, 11) is 0. The molecule has 0 radical (unpaired) electrons. The molecule has 2 atom stereocenters. The highest BCUT2D eigenvalue weighted by Crippen LogP contribution is 2.39. The smallest absolute Gasteiger partial charge is 0.314 e. The number of unbranched alkanes of at least 4 members (excludes halogenated alkanes) is 1. The highest BCUT2D eigenvalue weighted by molar-refractivity contribution is 5.78. The van der Waals surface area contributed by atoms with Crippen LogP contribution in [0.25, 0.3) is 11.1 Å². The van der Waals surface area contributed by atoms with Gasteiger partial charge in [0.2, 0.25) is 5.82 Å². The van der Waals surface area contributed by atoms with Crippen LogP contribution < -0.4 is 9.47 Å². The number of hydrogen-bond acceptors (Lipinski definition) is 3. The van der Waals surface area contributed by atoms with Gasteiger partial charge >= 0.3 is 5.97 Å². The number of ether oxygens (including phenoxy) is 2. The Morgan fingerprint density at radius 1 is 0.791 bits per heavy atom. The van der Waals surface area contributed by atoms with E-state index in [2.05, 4.69) is 0 Å². The standard InChI is InChI=1S/C36H36F4O3/c1-3-4-21-42-31-20-19-30(34(39)35(31)40)25-8-6-23(7-9-25)24-14-16-28(17-15-24)43-36(41)27-12-10-26(11-13-27)29-18-5-22(2)32(37)33(29)38/h5,8,10,14-20,23,27H,3-4,6-7,9,11-13,21H2,1-2H3. The average molecular weight is 593 g/mol. The van der Waals surface area contributed by atoms with E-state index in [9.17, 15) is 22.4 Å². The topological polar surface area (TPSA) is 35.5 Å². The molecule has 0 fully saturated rings. The van der Waals surface area contributed by atoms with Gasteiger partial charge in [0.15, 0.2) is 23.2 Å². The first-order chi connectivity index (χ1) is 20.8. The molecule has 3 aromatic carbocycles. The van der Waals surface area contributed by atoms with Crippen LogP contribution in [0.15, 0.2) is 60.7 Å². The van der Waals surface area contributed by atoms with E-state index < -0.39 is 23.3 Å². The third-order valence-electron chi connectivity index (χ3n) is 8.49. The molecule has 0 heterocycles. The molecule has 5 rings (SSSR count). The lowest BCUT2D eigenvalue weighted by molar-refractivity contribution is -0.139. The van der Waals surface area contributed by atoms with Gasteiger partial charge < -0.3 is 9.47 Å². The molecule has 3 nitrogen and oxygen atoms in total. The number of benzene rings is 3. The van der Waals surface area contributed by atoms with Gasteiger partial charge in [-0.3, -0.25) is 4.79 Å². The number of halogens is 4. The predicted molar refractivity (Wildman–Crippen MR) is 160 cm³/mol. The number of allylic oxidation sites excluding steroid dienone is 4. The van der Waals surface area contributed by atoms with Gasteiger partial charge in [0.1, 0.15) is 5.75 Å². The van der Waals surface area contributed by atoms with E-state index >= 15 is 0 Å². The van der Waals surface area contributed by atoms with Crippen LogP contribution in [0.5, 0.6) is 11.5 Å². The molecule has 226 valence electrons. The molecule has 0 amide bonds. The molecule has 0 N–H and O–H groups in total. The fraction of sp³-hybridized carbons (Fsp3) is 0.361. The second-order valence-corrected chi connectivity index (χ2v) is 11.4. The molecule has 3 aromatic rings. The third kappa shape index (κ3) is 6.87. The Bertz CT molecular complexity index is 1540. The number of aryl methyl sites for hydroxylation is 1. The van der Waals surface area contributed by atoms with Gasteiger partial charge in [-0.25, -0.2) is 13.2 Å². The first kappa shape index (κ1) is 30.6. The molecule has 0 saturated heterocycles. The van der Waals surface area contributed by atoms with Gasteiger partial charge in [0, 0.05) is 11.1 Å². The van der Waals surface area contributed by atoms with Gasteiger partial charge in [-0.2, -0.15) is 4.39 Å². The van der Waals surface area contributed by atoms with Crippen LogP contribution in [0.1, 0.15) is 86.5 Å². The van der Waals surface area contributed by atoms with Crippen LogP contribution in [0.4, 0.5) is 17.6 Å². The van der Waals surface area contributed by atoms with Crippen molar-refractivity contribution in [3.8, 4) is 11.5 Å². The molecular formula is C36H36F4O3. The Balaban J connectivity index is 1.16. The highest BCUT2D eigenvalue weighted by Gasteiger charge is 2.26. The summed E-state index contributed by atoms with van der Waals surface area (Å²) in [6.45, 7) is 3.88. The molecule has 0 bridgehead atoms. The van der Waals surface area contributed by atoms with Crippen molar-refractivity contribution in [2.75, 3.05) is 6.61 Å². The summed E-state index contributed by atoms with van der Waals surface area (Å²) >= 11 is 0. The van der Waals surface area contributed by atoms with Crippen LogP contribution in [-0.2, 0) is 4.79 Å². The van der Waals surface area contributed by atoms with Crippen LogP contribution >= 0.6 is 0 Å². The van der Waals surface area contributed by atoms with Crippen molar-refractivity contribution in [2.24, 2.45) is 5.92 Å². The maximum Gasteiger partial charge on any atom is 0.314 e. The summed E-state index contributed by atoms with van der Waals surface area (Å²) in [4.78, 5) is 12.8. The van der Waals surface area contributed by atoms with Crippen LogP contribution in [0.3, 0.4) is 0 Å². The van der Waals surface area contributed by atoms with E-state index in [1.807, 2.05) is 25.1 Å². The van der Waals surface area contributed by atoms with Gasteiger partial charge in [0.25, 0.3) is 0 Å². The van der Waals surface area contributed by atoms with Gasteiger partial charge in [-0.05, 0) is 104 Å². The summed E-state index contributed by atoms with van der Waals surface area (Å²) in [5, 5.41) is 0. The maximum atomic E-state index is 14.8. The average Bonchev–Trinajstić information content (AvgIpc) is 3.03. The monoisotopic (exact) mass is 592 g/mol. The van der Waals surface area contributed by atoms with Crippen molar-refractivity contribution in [2.45, 2.75) is 71.1 Å². The largest absolute Gasteiger partial charge is 0.490 e. The minimum absolute atomic E-state index is 0.0520. The second-order valence-electron chi connectivity index (χ2n) is 11.4. The van der Waals surface area contributed by atoms with Crippen molar-refractivity contribution in [1.82, 2.24) is 0 Å². The minimum atomic E-state index is -0.943. The van der Waals surface area contributed by atoms with Crippen molar-refractivity contribution in [1.29, 1.82) is 0 Å². The molecular weight excluding hydrogens is 556 g/mol. The predicted octanol–water partition coefficient (Wildman–Crippen LogP) is 9.87. The zero-order valence-electron chi connectivity index (χ0n) is 24.5. The lowest BCUT2D eigenvalue weighted by Crippen LogP contribution is -2.22. The fourth-order valence-electron chi connectivity index (χ4n) is 5.79. The summed E-state index contributed by atoms with van der Waals surface area (Å²) in [5.74, 6) is -3.59. The summed E-state index contributed by atoms with van der Waals surface area (Å²) in [5.41, 5.74) is 3.37. The van der Waals surface area contributed by atoms with Gasteiger partial charge in [-0.15, -0.1) is 0 Å². The molecule has 7 heteroatoms. The Labute approximate surface area is 250 Å². The minimum Gasteiger partial charge on any atom is -0.490 e. The first-order valence-corrected chi connectivity index (χ1v) is 15.0. The molecule has 0 aromatic heterocycles. The number of hydrogen-bond donors (Lipinski definition) is 0. The molecule has 2 aliphatic carbocycles. The lowest BCUT2D eigenvalue weighted by Gasteiger charge is -2.23. The Morgan fingerprint density at radius 3 is 2.07 bits per heavy atom. The summed E-state index contributed by atoms with van der Waals surface area (Å²) < 4.78 is 68.8. The lowest BCUT2D eigenvalue weighted by atomic mass is 9.82. The van der Waals surface area contributed by atoms with E-state index in [0.29, 0.717) is 50.0 Å². The SMILES string of the molecule is CCCCOc1ccc(C2=CCC(c3ccc(OC(=O)C4CC=C(c5ccc(C)c(F)c5F)CC4)cc3)CC2)c(F)c1F. The van der Waals surface area contributed by atoms with Gasteiger partial charge in [0.05, 0.1) is 12.5 Å². The summed E-state index contributed by atoms with van der Waals surface area (Å²) in [6, 6.07) is 13.7. The van der Waals surface area contributed by atoms with Crippen LogP contribution in [0, 0.1) is 36.1 Å². The second kappa shape index (κ2) is 13.6. The van der Waals surface area contributed by atoms with Crippen molar-refractivity contribution in [3.05, 3.63) is 106 Å². The number of rotatable bonds is 9. The molecule has 0 saturated carbocycles. The van der Waals surface area contributed by atoms with Crippen LogP contribution in [0.2, 0.25) is 0 Å². The van der Waals surface area contributed by atoms with Crippen molar-refractivity contribution >= 4 is 17.1 Å². The normalized spacial score (nSPS) is 18.6.